The second-order valence-electron chi connectivity index (χ2n) is 2.91. The average Bonchev–Trinajstić information content (AvgIpc) is 2.15. The van der Waals surface area contributed by atoms with Gasteiger partial charge in [-0.3, -0.25) is 4.98 Å². The van der Waals surface area contributed by atoms with Crippen molar-refractivity contribution in [3.05, 3.63) is 36.5 Å². The van der Waals surface area contributed by atoms with Crippen LogP contribution in [0, 0.1) is 0 Å². The Kier molecular flexibility index (Phi) is 3.59. The summed E-state index contributed by atoms with van der Waals surface area (Å²) in [6, 6.07) is 7.35. The summed E-state index contributed by atoms with van der Waals surface area (Å²) in [4.78, 5) is 3.98. The summed E-state index contributed by atoms with van der Waals surface area (Å²) in [7, 11) is 0. The van der Waals surface area contributed by atoms with Crippen molar-refractivity contribution in [1.29, 1.82) is 0 Å². The van der Waals surface area contributed by atoms with Crippen molar-refractivity contribution in [2.75, 3.05) is 0 Å². The number of rotatable bonds is 1. The fourth-order valence-corrected chi connectivity index (χ4v) is 1.25. The Morgan fingerprint density at radius 3 is 2.56 bits per heavy atom. The molecule has 0 aliphatic rings. The molecule has 86 valence electrons. The smallest absolute Gasteiger partial charge is 0.406 e. The molecule has 1 aromatic heterocycles. The Balaban J connectivity index is 0.00000128. The zero-order valence-corrected chi connectivity index (χ0v) is 8.68. The third-order valence-corrected chi connectivity index (χ3v) is 1.81. The molecule has 16 heavy (non-hydrogen) atoms. The van der Waals surface area contributed by atoms with E-state index in [2.05, 4.69) is 9.72 Å². The molecule has 0 unspecified atom stereocenters. The van der Waals surface area contributed by atoms with E-state index in [1.165, 1.54) is 18.2 Å². The molecule has 0 spiro atoms. The highest BCUT2D eigenvalue weighted by Gasteiger charge is 2.31. The van der Waals surface area contributed by atoms with Gasteiger partial charge in [-0.05, 0) is 24.3 Å². The van der Waals surface area contributed by atoms with Gasteiger partial charge in [0.05, 0.1) is 5.52 Å². The maximum atomic E-state index is 11.9. The predicted molar refractivity (Wildman–Crippen MR) is 55.7 cm³/mol. The number of fused-ring (bicyclic) bond motifs is 1. The van der Waals surface area contributed by atoms with Gasteiger partial charge in [0, 0.05) is 11.6 Å². The van der Waals surface area contributed by atoms with Crippen LogP contribution in [-0.2, 0) is 0 Å². The topological polar surface area (TPSA) is 22.1 Å². The van der Waals surface area contributed by atoms with E-state index < -0.39 is 6.36 Å². The first-order chi connectivity index (χ1) is 7.04. The molecule has 0 bridgehead atoms. The molecule has 0 atom stereocenters. The summed E-state index contributed by atoms with van der Waals surface area (Å²) in [6.07, 6.45) is -3.08. The summed E-state index contributed by atoms with van der Waals surface area (Å²) in [6.45, 7) is 0. The highest BCUT2D eigenvalue weighted by molar-refractivity contribution is 5.85. The van der Waals surface area contributed by atoms with Gasteiger partial charge in [0.25, 0.3) is 0 Å². The quantitative estimate of drug-likeness (QED) is 0.771. The molecule has 0 N–H and O–H groups in total. The maximum absolute atomic E-state index is 11.9. The van der Waals surface area contributed by atoms with Crippen LogP contribution >= 0.6 is 12.4 Å². The van der Waals surface area contributed by atoms with Gasteiger partial charge < -0.3 is 4.74 Å². The standard InChI is InChI=1S/C10H6F3NO.ClH/c11-10(12,13)15-8-3-4-9-7(6-8)2-1-5-14-9;/h1-6H;1H. The third-order valence-electron chi connectivity index (χ3n) is 1.81. The lowest BCUT2D eigenvalue weighted by atomic mass is 10.2. The first kappa shape index (κ1) is 12.6. The zero-order valence-electron chi connectivity index (χ0n) is 7.86. The van der Waals surface area contributed by atoms with E-state index in [0.29, 0.717) is 10.9 Å². The Morgan fingerprint density at radius 1 is 1.12 bits per heavy atom. The average molecular weight is 250 g/mol. The second kappa shape index (κ2) is 4.57. The van der Waals surface area contributed by atoms with Crippen LogP contribution in [0.4, 0.5) is 13.2 Å². The Bertz CT molecular complexity index is 487. The molecular weight excluding hydrogens is 243 g/mol. The number of nitrogens with zero attached hydrogens (tertiary/aromatic N) is 1. The molecule has 2 rings (SSSR count). The molecule has 0 amide bonds. The van der Waals surface area contributed by atoms with Gasteiger partial charge >= 0.3 is 6.36 Å². The number of halogens is 4. The van der Waals surface area contributed by atoms with Crippen molar-refractivity contribution in [2.24, 2.45) is 0 Å². The van der Waals surface area contributed by atoms with Gasteiger partial charge in [-0.1, -0.05) is 6.07 Å². The molecule has 2 aromatic rings. The molecule has 1 heterocycles. The zero-order chi connectivity index (χ0) is 10.9. The number of ether oxygens (including phenoxy) is 1. The van der Waals surface area contributed by atoms with Crippen LogP contribution in [0.25, 0.3) is 10.9 Å². The van der Waals surface area contributed by atoms with Crippen molar-refractivity contribution >= 4 is 23.3 Å². The van der Waals surface area contributed by atoms with Gasteiger partial charge in [0.15, 0.2) is 0 Å². The van der Waals surface area contributed by atoms with Crippen molar-refractivity contribution in [3.8, 4) is 5.75 Å². The van der Waals surface area contributed by atoms with Crippen molar-refractivity contribution in [1.82, 2.24) is 4.98 Å². The highest BCUT2D eigenvalue weighted by Crippen LogP contribution is 2.25. The van der Waals surface area contributed by atoms with E-state index in [1.807, 2.05) is 0 Å². The monoisotopic (exact) mass is 249 g/mol. The van der Waals surface area contributed by atoms with E-state index in [4.69, 9.17) is 0 Å². The maximum Gasteiger partial charge on any atom is 0.573 e. The third kappa shape index (κ3) is 3.00. The lowest BCUT2D eigenvalue weighted by Gasteiger charge is -2.08. The lowest BCUT2D eigenvalue weighted by molar-refractivity contribution is -0.274. The Hall–Kier alpha value is -1.49. The first-order valence-corrected chi connectivity index (χ1v) is 4.15. The minimum atomic E-state index is -4.66. The normalized spacial score (nSPS) is 10.9. The van der Waals surface area contributed by atoms with Crippen molar-refractivity contribution in [2.45, 2.75) is 6.36 Å². The Labute approximate surface area is 95.5 Å². The van der Waals surface area contributed by atoms with Crippen LogP contribution < -0.4 is 4.74 Å². The van der Waals surface area contributed by atoms with Crippen LogP contribution in [-0.4, -0.2) is 11.3 Å². The van der Waals surface area contributed by atoms with Crippen molar-refractivity contribution in [3.63, 3.8) is 0 Å². The number of aromatic nitrogens is 1. The molecule has 0 aliphatic carbocycles. The van der Waals surface area contributed by atoms with E-state index in [9.17, 15) is 13.2 Å². The summed E-state index contributed by atoms with van der Waals surface area (Å²) in [5, 5.41) is 0.610. The van der Waals surface area contributed by atoms with Crippen LogP contribution in [0.15, 0.2) is 36.5 Å². The van der Waals surface area contributed by atoms with Crippen LogP contribution in [0.2, 0.25) is 0 Å². The molecule has 0 saturated carbocycles. The summed E-state index contributed by atoms with van der Waals surface area (Å²) in [5.41, 5.74) is 0.632. The summed E-state index contributed by atoms with van der Waals surface area (Å²) < 4.78 is 39.5. The van der Waals surface area contributed by atoms with Gasteiger partial charge in [-0.25, -0.2) is 0 Å². The van der Waals surface area contributed by atoms with Gasteiger partial charge in [0.1, 0.15) is 5.75 Å². The molecule has 1 aromatic carbocycles. The fraction of sp³-hybridized carbons (Fsp3) is 0.100. The number of hydrogen-bond donors (Lipinski definition) is 0. The van der Waals surface area contributed by atoms with Gasteiger partial charge in [-0.15, -0.1) is 25.6 Å². The van der Waals surface area contributed by atoms with E-state index in [0.717, 1.165) is 0 Å². The molecular formula is C10H7ClF3NO. The SMILES string of the molecule is Cl.FC(F)(F)Oc1ccc2ncccc2c1. The van der Waals surface area contributed by atoms with Gasteiger partial charge in [-0.2, -0.15) is 0 Å². The first-order valence-electron chi connectivity index (χ1n) is 4.15. The highest BCUT2D eigenvalue weighted by atomic mass is 35.5. The summed E-state index contributed by atoms with van der Waals surface area (Å²) >= 11 is 0. The number of hydrogen-bond acceptors (Lipinski definition) is 2. The van der Waals surface area contributed by atoms with E-state index in [1.54, 1.807) is 18.3 Å². The van der Waals surface area contributed by atoms with E-state index >= 15 is 0 Å². The molecule has 2 nitrogen and oxygen atoms in total. The number of pyridine rings is 1. The predicted octanol–water partition coefficient (Wildman–Crippen LogP) is 3.56. The molecule has 0 fully saturated rings. The molecule has 6 heteroatoms. The molecule has 0 aliphatic heterocycles. The summed E-state index contributed by atoms with van der Waals surface area (Å²) in [5.74, 6) is -0.233. The minimum absolute atomic E-state index is 0. The van der Waals surface area contributed by atoms with Crippen LogP contribution in [0.5, 0.6) is 5.75 Å². The molecule has 0 radical (unpaired) electrons. The van der Waals surface area contributed by atoms with Crippen LogP contribution in [0.1, 0.15) is 0 Å². The Morgan fingerprint density at radius 2 is 1.88 bits per heavy atom. The fourth-order valence-electron chi connectivity index (χ4n) is 1.25. The van der Waals surface area contributed by atoms with Crippen molar-refractivity contribution < 1.29 is 17.9 Å². The lowest BCUT2D eigenvalue weighted by Crippen LogP contribution is -2.16. The van der Waals surface area contributed by atoms with Crippen LogP contribution in [0.3, 0.4) is 0 Å². The second-order valence-corrected chi connectivity index (χ2v) is 2.91. The van der Waals surface area contributed by atoms with Gasteiger partial charge in [0.2, 0.25) is 0 Å². The minimum Gasteiger partial charge on any atom is -0.406 e. The molecule has 0 saturated heterocycles. The largest absolute Gasteiger partial charge is 0.573 e. The van der Waals surface area contributed by atoms with E-state index in [-0.39, 0.29) is 18.2 Å². The number of alkyl halides is 3. The number of benzene rings is 1.